The van der Waals surface area contributed by atoms with Crippen molar-refractivity contribution < 1.29 is 10.4 Å². The third kappa shape index (κ3) is 3.51. The number of nitrogens with one attached hydrogen (secondary N) is 1. The van der Waals surface area contributed by atoms with Gasteiger partial charge < -0.3 is 15.4 Å². The van der Waals surface area contributed by atoms with Gasteiger partial charge in [-0.2, -0.15) is 0 Å². The van der Waals surface area contributed by atoms with E-state index >= 15 is 0 Å². The highest BCUT2D eigenvalue weighted by molar-refractivity contribution is 6.15. The highest BCUT2D eigenvalue weighted by Crippen LogP contribution is 2.09. The van der Waals surface area contributed by atoms with Crippen molar-refractivity contribution in [2.75, 3.05) is 0 Å². The molecule has 0 unspecified atom stereocenters. The van der Waals surface area contributed by atoms with E-state index in [0.29, 0.717) is 0 Å². The molecule has 0 saturated heterocycles. The molecule has 0 amide bonds. The van der Waals surface area contributed by atoms with E-state index in [1.807, 2.05) is 18.3 Å². The molecule has 1 heterocycles. The minimum atomic E-state index is 0.944. The van der Waals surface area contributed by atoms with Crippen LogP contribution in [0, 0.1) is 0 Å². The molecule has 1 aromatic heterocycles. The van der Waals surface area contributed by atoms with Gasteiger partial charge in [0, 0.05) is 11.7 Å². The lowest BCUT2D eigenvalue weighted by Gasteiger charge is -1.83. The predicted octanol–water partition coefficient (Wildman–Crippen LogP) is 2.07. The van der Waals surface area contributed by atoms with Gasteiger partial charge in [0.2, 0.25) is 0 Å². The van der Waals surface area contributed by atoms with E-state index in [4.69, 9.17) is 10.4 Å². The van der Waals surface area contributed by atoms with Crippen molar-refractivity contribution in [1.82, 2.24) is 4.98 Å². The second-order valence-electron chi connectivity index (χ2n) is 2.59. The van der Waals surface area contributed by atoms with Crippen LogP contribution in [0.5, 0.6) is 0 Å². The molecule has 0 aliphatic rings. The summed E-state index contributed by atoms with van der Waals surface area (Å²) in [7, 11) is 0. The Kier molecular flexibility index (Phi) is 4.45. The van der Waals surface area contributed by atoms with Gasteiger partial charge in [0.05, 0.1) is 12.4 Å². The molecule has 3 N–H and O–H groups in total. The second kappa shape index (κ2) is 6.20. The predicted molar refractivity (Wildman–Crippen MR) is 58.9 cm³/mol. The smallest absolute Gasteiger partial charge is 0.0877 e. The molecule has 1 aromatic carbocycles. The molecule has 5 heteroatoms. The van der Waals surface area contributed by atoms with Gasteiger partial charge in [-0.05, 0) is 17.5 Å². The van der Waals surface area contributed by atoms with E-state index in [1.165, 1.54) is 10.9 Å². The largest absolute Gasteiger partial charge is 0.411 e. The van der Waals surface area contributed by atoms with Crippen LogP contribution >= 0.6 is 0 Å². The van der Waals surface area contributed by atoms with Crippen LogP contribution in [0.25, 0.3) is 10.9 Å². The molecule has 0 saturated carbocycles. The summed E-state index contributed by atoms with van der Waals surface area (Å²) >= 11 is 0. The number of aromatic amines is 1. The second-order valence-corrected chi connectivity index (χ2v) is 2.59. The molecule has 5 nitrogen and oxygen atoms in total. The molecule has 0 aliphatic heterocycles. The number of oxime groups is 2. The minimum Gasteiger partial charge on any atom is -0.411 e. The summed E-state index contributed by atoms with van der Waals surface area (Å²) in [6, 6.07) is 10.3. The first kappa shape index (κ1) is 10.8. The highest BCUT2D eigenvalue weighted by Gasteiger charge is 1.86. The number of nitrogens with zero attached hydrogens (tertiary/aromatic N) is 2. The van der Waals surface area contributed by atoms with E-state index in [1.54, 1.807) is 0 Å². The summed E-state index contributed by atoms with van der Waals surface area (Å²) in [4.78, 5) is 3.12. The summed E-state index contributed by atoms with van der Waals surface area (Å²) in [5, 5.41) is 21.4. The van der Waals surface area contributed by atoms with Crippen LogP contribution in [-0.2, 0) is 0 Å². The van der Waals surface area contributed by atoms with Crippen LogP contribution in [0.2, 0.25) is 0 Å². The normalized spacial score (nSPS) is 10.7. The number of hydrogen-bond acceptors (Lipinski definition) is 4. The Morgan fingerprint density at radius 1 is 1.00 bits per heavy atom. The molecule has 78 valence electrons. The number of aromatic nitrogens is 1. The number of para-hydroxylation sites is 1. The summed E-state index contributed by atoms with van der Waals surface area (Å²) in [6.07, 6.45) is 3.84. The van der Waals surface area contributed by atoms with Gasteiger partial charge in [0.15, 0.2) is 0 Å². The molecular weight excluding hydrogens is 194 g/mol. The number of benzene rings is 1. The zero-order valence-corrected chi connectivity index (χ0v) is 7.91. The van der Waals surface area contributed by atoms with Crippen molar-refractivity contribution in [3.05, 3.63) is 36.5 Å². The Bertz CT molecular complexity index is 408. The van der Waals surface area contributed by atoms with Gasteiger partial charge in [0.1, 0.15) is 0 Å². The zero-order chi connectivity index (χ0) is 10.9. The number of H-pyrrole nitrogens is 1. The summed E-state index contributed by atoms with van der Waals surface area (Å²) < 4.78 is 0. The summed E-state index contributed by atoms with van der Waals surface area (Å²) in [5.41, 5.74) is 1.21. The van der Waals surface area contributed by atoms with E-state index < -0.39 is 0 Å². The fraction of sp³-hybridized carbons (Fsp3) is 0. The number of fused-ring (bicyclic) bond motifs is 1. The Hall–Kier alpha value is -2.30. The first-order valence-electron chi connectivity index (χ1n) is 4.24. The van der Waals surface area contributed by atoms with Crippen LogP contribution in [0.3, 0.4) is 0 Å². The van der Waals surface area contributed by atoms with Gasteiger partial charge in [-0.1, -0.05) is 28.5 Å². The van der Waals surface area contributed by atoms with Crippen molar-refractivity contribution in [2.24, 2.45) is 10.3 Å². The lowest BCUT2D eigenvalue weighted by Crippen LogP contribution is -1.70. The van der Waals surface area contributed by atoms with Crippen molar-refractivity contribution in [3.8, 4) is 0 Å². The Morgan fingerprint density at radius 2 is 1.67 bits per heavy atom. The molecule has 0 spiro atoms. The minimum absolute atomic E-state index is 0.944. The quantitative estimate of drug-likeness (QED) is 0.378. The lowest BCUT2D eigenvalue weighted by atomic mass is 10.3. The fourth-order valence-corrected chi connectivity index (χ4v) is 1.05. The summed E-state index contributed by atoms with van der Waals surface area (Å²) in [5.74, 6) is 0. The van der Waals surface area contributed by atoms with E-state index in [0.717, 1.165) is 12.4 Å². The van der Waals surface area contributed by atoms with E-state index in [9.17, 15) is 0 Å². The van der Waals surface area contributed by atoms with Crippen LogP contribution in [0.15, 0.2) is 46.8 Å². The first-order chi connectivity index (χ1) is 7.38. The standard InChI is InChI=1S/C8H7N.C2H4N2O2/c1-2-4-8-7(3-1)5-6-9-8;5-3-1-2-4-6/h1-6,9H;1-2,5-6H. The van der Waals surface area contributed by atoms with Crippen molar-refractivity contribution in [2.45, 2.75) is 0 Å². The first-order valence-corrected chi connectivity index (χ1v) is 4.24. The third-order valence-corrected chi connectivity index (χ3v) is 1.66. The van der Waals surface area contributed by atoms with Gasteiger partial charge in [0.25, 0.3) is 0 Å². The van der Waals surface area contributed by atoms with Crippen LogP contribution in [0.4, 0.5) is 0 Å². The number of hydrogen-bond donors (Lipinski definition) is 3. The fourth-order valence-electron chi connectivity index (χ4n) is 1.05. The van der Waals surface area contributed by atoms with Crippen molar-refractivity contribution in [3.63, 3.8) is 0 Å². The summed E-state index contributed by atoms with van der Waals surface area (Å²) in [6.45, 7) is 0. The maximum atomic E-state index is 7.56. The molecule has 2 aromatic rings. The molecule has 2 rings (SSSR count). The van der Waals surface area contributed by atoms with Crippen molar-refractivity contribution >= 4 is 23.3 Å². The van der Waals surface area contributed by atoms with Crippen LogP contribution in [0.1, 0.15) is 0 Å². The number of rotatable bonds is 1. The van der Waals surface area contributed by atoms with Gasteiger partial charge >= 0.3 is 0 Å². The van der Waals surface area contributed by atoms with Crippen LogP contribution < -0.4 is 0 Å². The zero-order valence-electron chi connectivity index (χ0n) is 7.91. The van der Waals surface area contributed by atoms with Crippen LogP contribution in [-0.4, -0.2) is 27.8 Å². The van der Waals surface area contributed by atoms with Gasteiger partial charge in [-0.15, -0.1) is 0 Å². The van der Waals surface area contributed by atoms with Gasteiger partial charge in [-0.25, -0.2) is 0 Å². The molecule has 15 heavy (non-hydrogen) atoms. The SMILES string of the molecule is ON=CC=NO.c1ccc2[nH]ccc2c1. The average molecular weight is 205 g/mol. The monoisotopic (exact) mass is 205 g/mol. The van der Waals surface area contributed by atoms with Gasteiger partial charge in [-0.3, -0.25) is 0 Å². The molecule has 0 aliphatic carbocycles. The third-order valence-electron chi connectivity index (χ3n) is 1.66. The topological polar surface area (TPSA) is 81.0 Å². The van der Waals surface area contributed by atoms with Crippen molar-refractivity contribution in [1.29, 1.82) is 0 Å². The van der Waals surface area contributed by atoms with E-state index in [2.05, 4.69) is 33.5 Å². The molecule has 0 fully saturated rings. The molecule has 0 atom stereocenters. The highest BCUT2D eigenvalue weighted by atomic mass is 16.4. The Balaban J connectivity index is 0.000000167. The molecule has 0 bridgehead atoms. The van der Waals surface area contributed by atoms with E-state index in [-0.39, 0.29) is 0 Å². The maximum Gasteiger partial charge on any atom is 0.0877 e. The molecular formula is C10H11N3O2. The Labute approximate surface area is 86.3 Å². The maximum absolute atomic E-state index is 7.56. The average Bonchev–Trinajstić information content (AvgIpc) is 2.75. The lowest BCUT2D eigenvalue weighted by molar-refractivity contribution is 0.317. The Morgan fingerprint density at radius 3 is 2.27 bits per heavy atom. The molecule has 0 radical (unpaired) electrons.